The van der Waals surface area contributed by atoms with Gasteiger partial charge in [-0.25, -0.2) is 4.39 Å². The van der Waals surface area contributed by atoms with Crippen molar-refractivity contribution >= 4 is 17.7 Å². The molecule has 0 aliphatic heterocycles. The fraction of sp³-hybridized carbons (Fsp3) is 0.0833. The molecule has 0 bridgehead atoms. The molecule has 0 aliphatic rings. The number of carbonyl (C=O) groups excluding carboxylic acids is 1. The first-order chi connectivity index (χ1) is 15.2. The Morgan fingerprint density at radius 2 is 1.84 bits per heavy atom. The number of nitrogens with zero attached hydrogens (tertiary/aromatic N) is 3. The van der Waals surface area contributed by atoms with Crippen LogP contribution >= 0.6 is 0 Å². The van der Waals surface area contributed by atoms with E-state index in [0.717, 1.165) is 28.7 Å². The van der Waals surface area contributed by atoms with Crippen LogP contribution in [0.1, 0.15) is 17.0 Å². The summed E-state index contributed by atoms with van der Waals surface area (Å²) >= 11 is 0. The maximum absolute atomic E-state index is 13.2. The van der Waals surface area contributed by atoms with Crippen LogP contribution in [-0.2, 0) is 17.6 Å². The maximum atomic E-state index is 13.2. The van der Waals surface area contributed by atoms with Gasteiger partial charge in [-0.15, -0.1) is 10.2 Å². The lowest BCUT2D eigenvalue weighted by Crippen LogP contribution is -2.07. The highest BCUT2D eigenvalue weighted by molar-refractivity contribution is 6.02. The topological polar surface area (TPSA) is 80.9 Å². The predicted octanol–water partition coefficient (Wildman–Crippen LogP) is 4.71. The van der Waals surface area contributed by atoms with Gasteiger partial charge in [-0.3, -0.25) is 9.78 Å². The minimum Gasteiger partial charge on any atom is -0.428 e. The summed E-state index contributed by atoms with van der Waals surface area (Å²) in [5.41, 5.74) is 4.28. The molecule has 154 valence electrons. The molecule has 0 saturated heterocycles. The van der Waals surface area contributed by atoms with Crippen molar-refractivity contribution in [2.24, 2.45) is 0 Å². The molecular formula is C24H19FN4O2. The number of benzene rings is 2. The average molecular weight is 414 g/mol. The first-order valence-electron chi connectivity index (χ1n) is 9.70. The lowest BCUT2D eigenvalue weighted by molar-refractivity contribution is -0.111. The zero-order valence-corrected chi connectivity index (χ0v) is 16.5. The van der Waals surface area contributed by atoms with Gasteiger partial charge in [0.1, 0.15) is 5.82 Å². The van der Waals surface area contributed by atoms with Gasteiger partial charge in [0, 0.05) is 36.1 Å². The van der Waals surface area contributed by atoms with E-state index in [0.29, 0.717) is 18.0 Å². The Bertz CT molecular complexity index is 1170. The van der Waals surface area contributed by atoms with Crippen molar-refractivity contribution in [2.75, 3.05) is 5.32 Å². The first-order valence-corrected chi connectivity index (χ1v) is 9.70. The summed E-state index contributed by atoms with van der Waals surface area (Å²) < 4.78 is 18.3. The van der Waals surface area contributed by atoms with Crippen LogP contribution in [0.4, 0.5) is 10.1 Å². The summed E-state index contributed by atoms with van der Waals surface area (Å²) in [6.45, 7) is 0. The number of anilines is 1. The van der Waals surface area contributed by atoms with E-state index in [1.165, 1.54) is 24.6 Å². The van der Waals surface area contributed by atoms with Crippen LogP contribution in [0.3, 0.4) is 0 Å². The Morgan fingerprint density at radius 3 is 2.58 bits per heavy atom. The van der Waals surface area contributed by atoms with E-state index >= 15 is 0 Å². The molecule has 0 radical (unpaired) electrons. The van der Waals surface area contributed by atoms with Gasteiger partial charge in [-0.1, -0.05) is 24.3 Å². The molecule has 0 atom stereocenters. The zero-order valence-electron chi connectivity index (χ0n) is 16.5. The number of hydrogen-bond acceptors (Lipinski definition) is 5. The number of amides is 1. The molecule has 4 aromatic rings. The molecule has 7 heteroatoms. The van der Waals surface area contributed by atoms with Crippen LogP contribution in [0.25, 0.3) is 17.2 Å². The van der Waals surface area contributed by atoms with Crippen molar-refractivity contribution in [3.8, 4) is 11.1 Å². The van der Waals surface area contributed by atoms with E-state index in [4.69, 9.17) is 4.42 Å². The normalized spacial score (nSPS) is 11.0. The van der Waals surface area contributed by atoms with Crippen molar-refractivity contribution in [2.45, 2.75) is 12.8 Å². The predicted molar refractivity (Wildman–Crippen MR) is 115 cm³/mol. The molecule has 2 aromatic heterocycles. The molecule has 6 nitrogen and oxygen atoms in total. The van der Waals surface area contributed by atoms with Gasteiger partial charge in [0.15, 0.2) is 0 Å². The molecule has 1 N–H and O–H groups in total. The molecule has 0 saturated carbocycles. The van der Waals surface area contributed by atoms with E-state index in [9.17, 15) is 9.18 Å². The highest BCUT2D eigenvalue weighted by Gasteiger charge is 2.05. The Balaban J connectivity index is 1.38. The first kappa shape index (κ1) is 20.2. The highest BCUT2D eigenvalue weighted by atomic mass is 19.1. The van der Waals surface area contributed by atoms with E-state index in [2.05, 4.69) is 20.5 Å². The molecule has 2 heterocycles. The fourth-order valence-electron chi connectivity index (χ4n) is 3.09. The monoisotopic (exact) mass is 414 g/mol. The van der Waals surface area contributed by atoms with Gasteiger partial charge in [0.25, 0.3) is 0 Å². The summed E-state index contributed by atoms with van der Waals surface area (Å²) in [7, 11) is 0. The third-order valence-electron chi connectivity index (χ3n) is 4.68. The van der Waals surface area contributed by atoms with E-state index in [1.54, 1.807) is 30.6 Å². The van der Waals surface area contributed by atoms with Crippen LogP contribution in [-0.4, -0.2) is 21.1 Å². The molecule has 0 aliphatic carbocycles. The number of hydrogen-bond donors (Lipinski definition) is 1. The van der Waals surface area contributed by atoms with Crippen LogP contribution < -0.4 is 5.32 Å². The minimum atomic E-state index is -0.296. The van der Waals surface area contributed by atoms with Gasteiger partial charge < -0.3 is 9.73 Å². The van der Waals surface area contributed by atoms with Crippen LogP contribution in [0.15, 0.2) is 83.9 Å². The Morgan fingerprint density at radius 1 is 1.03 bits per heavy atom. The summed E-state index contributed by atoms with van der Waals surface area (Å²) in [4.78, 5) is 16.5. The molecule has 31 heavy (non-hydrogen) atoms. The van der Waals surface area contributed by atoms with E-state index in [1.807, 2.05) is 30.3 Å². The summed E-state index contributed by atoms with van der Waals surface area (Å²) in [5.74, 6) is 0.0420. The van der Waals surface area contributed by atoms with Crippen LogP contribution in [0.5, 0.6) is 0 Å². The van der Waals surface area contributed by atoms with Crippen molar-refractivity contribution in [3.05, 3.63) is 102 Å². The molecule has 0 spiro atoms. The van der Waals surface area contributed by atoms with E-state index in [-0.39, 0.29) is 11.7 Å². The third-order valence-corrected chi connectivity index (χ3v) is 4.68. The highest BCUT2D eigenvalue weighted by Crippen LogP contribution is 2.24. The summed E-state index contributed by atoms with van der Waals surface area (Å²) in [6.07, 6.45) is 9.22. The standard InChI is InChI=1S/C24H19FN4O2/c25-20-7-4-18(5-8-20)22-13-14-26-15-19(22)6-11-23(30)28-21-9-1-17(2-10-21)3-12-24-29-27-16-31-24/h1-2,4-11,13-16H,3,12H2,(H,28,30). The Hall–Kier alpha value is -4.13. The lowest BCUT2D eigenvalue weighted by atomic mass is 10.0. The molecule has 4 rings (SSSR count). The number of halogens is 1. The van der Waals surface area contributed by atoms with Gasteiger partial charge in [0.05, 0.1) is 0 Å². The van der Waals surface area contributed by atoms with Gasteiger partial charge in [0.2, 0.25) is 18.2 Å². The smallest absolute Gasteiger partial charge is 0.248 e. The van der Waals surface area contributed by atoms with Crippen molar-refractivity contribution in [3.63, 3.8) is 0 Å². The van der Waals surface area contributed by atoms with Gasteiger partial charge in [-0.05, 0) is 59.5 Å². The second-order valence-corrected chi connectivity index (χ2v) is 6.82. The van der Waals surface area contributed by atoms with E-state index < -0.39 is 0 Å². The van der Waals surface area contributed by atoms with Crippen molar-refractivity contribution < 1.29 is 13.6 Å². The summed E-state index contributed by atoms with van der Waals surface area (Å²) in [5, 5.41) is 10.4. The number of nitrogens with one attached hydrogen (secondary N) is 1. The molecule has 1 amide bonds. The molecular weight excluding hydrogens is 395 g/mol. The fourth-order valence-corrected chi connectivity index (χ4v) is 3.09. The SMILES string of the molecule is O=C(C=Cc1cnccc1-c1ccc(F)cc1)Nc1ccc(CCc2nnco2)cc1. The van der Waals surface area contributed by atoms with Crippen molar-refractivity contribution in [1.82, 2.24) is 15.2 Å². The number of aromatic nitrogens is 3. The molecule has 2 aromatic carbocycles. The average Bonchev–Trinajstić information content (AvgIpc) is 3.32. The minimum absolute atomic E-state index is 0.257. The number of carbonyl (C=O) groups is 1. The van der Waals surface area contributed by atoms with Crippen LogP contribution in [0, 0.1) is 5.82 Å². The second-order valence-electron chi connectivity index (χ2n) is 6.82. The number of pyridine rings is 1. The summed E-state index contributed by atoms with van der Waals surface area (Å²) in [6, 6.07) is 15.6. The van der Waals surface area contributed by atoms with Gasteiger partial charge in [-0.2, -0.15) is 0 Å². The zero-order chi connectivity index (χ0) is 21.5. The quantitative estimate of drug-likeness (QED) is 0.443. The Kier molecular flexibility index (Phi) is 6.23. The molecule has 0 fully saturated rings. The third kappa shape index (κ3) is 5.48. The number of rotatable bonds is 7. The second kappa shape index (κ2) is 9.58. The maximum Gasteiger partial charge on any atom is 0.248 e. The number of aryl methyl sites for hydroxylation is 2. The van der Waals surface area contributed by atoms with Crippen LogP contribution in [0.2, 0.25) is 0 Å². The van der Waals surface area contributed by atoms with Gasteiger partial charge >= 0.3 is 0 Å². The van der Waals surface area contributed by atoms with Crippen molar-refractivity contribution in [1.29, 1.82) is 0 Å². The molecule has 0 unspecified atom stereocenters. The Labute approximate surface area is 178 Å². The largest absolute Gasteiger partial charge is 0.428 e. The lowest BCUT2D eigenvalue weighted by Gasteiger charge is -2.06.